The molecule has 0 radical (unpaired) electrons. The zero-order valence-electron chi connectivity index (χ0n) is 16.9. The molecule has 0 fully saturated rings. The summed E-state index contributed by atoms with van der Waals surface area (Å²) < 4.78 is 1.02. The normalized spacial score (nSPS) is 14.0. The molecule has 152 valence electrons. The SMILES string of the molecule is O=C(CN(C1=NCCCCC1)c1ccc(Br)cc1)c1ccc(-c2ccccc2)cc1. The number of carbonyl (C=O) groups excluding carboxylic acids is 1. The van der Waals surface area contributed by atoms with Gasteiger partial charge in [-0.25, -0.2) is 0 Å². The molecule has 1 aliphatic rings. The van der Waals surface area contributed by atoms with Crippen LogP contribution >= 0.6 is 15.9 Å². The van der Waals surface area contributed by atoms with Crippen LogP contribution in [0.3, 0.4) is 0 Å². The van der Waals surface area contributed by atoms with Crippen molar-refractivity contribution in [2.45, 2.75) is 25.7 Å². The van der Waals surface area contributed by atoms with E-state index in [4.69, 9.17) is 4.99 Å². The molecule has 0 bridgehead atoms. The van der Waals surface area contributed by atoms with Gasteiger partial charge in [0.1, 0.15) is 5.84 Å². The summed E-state index contributed by atoms with van der Waals surface area (Å²) in [4.78, 5) is 20.1. The molecule has 0 N–H and O–H groups in total. The third kappa shape index (κ3) is 5.06. The number of hydrogen-bond donors (Lipinski definition) is 0. The summed E-state index contributed by atoms with van der Waals surface area (Å²) in [6.07, 6.45) is 4.34. The number of aliphatic imine (C=N–C) groups is 1. The Labute approximate surface area is 186 Å². The topological polar surface area (TPSA) is 32.7 Å². The van der Waals surface area contributed by atoms with Gasteiger partial charge in [0.25, 0.3) is 0 Å². The maximum absolute atomic E-state index is 13.2. The highest BCUT2D eigenvalue weighted by Crippen LogP contribution is 2.23. The number of nitrogens with zero attached hydrogens (tertiary/aromatic N) is 2. The van der Waals surface area contributed by atoms with E-state index in [1.165, 1.54) is 6.42 Å². The molecule has 0 saturated carbocycles. The summed E-state index contributed by atoms with van der Waals surface area (Å²) in [5.74, 6) is 1.12. The molecule has 1 aliphatic heterocycles. The van der Waals surface area contributed by atoms with Gasteiger partial charge in [0.15, 0.2) is 5.78 Å². The van der Waals surface area contributed by atoms with Crippen LogP contribution in [-0.2, 0) is 0 Å². The van der Waals surface area contributed by atoms with Gasteiger partial charge in [-0.05, 0) is 48.2 Å². The number of halogens is 1. The van der Waals surface area contributed by atoms with Crippen LogP contribution in [0.4, 0.5) is 5.69 Å². The Morgan fingerprint density at radius 1 is 0.833 bits per heavy atom. The number of rotatable bonds is 5. The first kappa shape index (κ1) is 20.5. The number of Topliss-reactive ketones (excluding diaryl/α,β-unsaturated/α-hetero) is 1. The van der Waals surface area contributed by atoms with Crippen molar-refractivity contribution in [1.82, 2.24) is 0 Å². The second-order valence-corrected chi connectivity index (χ2v) is 8.45. The Hall–Kier alpha value is -2.72. The first-order valence-electron chi connectivity index (χ1n) is 10.5. The van der Waals surface area contributed by atoms with E-state index in [-0.39, 0.29) is 5.78 Å². The summed E-state index contributed by atoms with van der Waals surface area (Å²) in [7, 11) is 0. The third-order valence-corrected chi connectivity index (χ3v) is 5.95. The zero-order valence-corrected chi connectivity index (χ0v) is 18.5. The van der Waals surface area contributed by atoms with Crippen molar-refractivity contribution in [3.05, 3.63) is 88.9 Å². The molecule has 0 saturated heterocycles. The van der Waals surface area contributed by atoms with E-state index in [9.17, 15) is 4.79 Å². The summed E-state index contributed by atoms with van der Waals surface area (Å²) >= 11 is 3.50. The van der Waals surface area contributed by atoms with Gasteiger partial charge in [0.2, 0.25) is 0 Å². The van der Waals surface area contributed by atoms with E-state index in [2.05, 4.69) is 33.0 Å². The zero-order chi connectivity index (χ0) is 20.8. The van der Waals surface area contributed by atoms with Gasteiger partial charge in [-0.3, -0.25) is 9.79 Å². The molecule has 30 heavy (non-hydrogen) atoms. The Balaban J connectivity index is 1.56. The average molecular weight is 461 g/mol. The number of hydrogen-bond acceptors (Lipinski definition) is 3. The molecule has 3 aromatic carbocycles. The minimum atomic E-state index is 0.101. The van der Waals surface area contributed by atoms with Crippen LogP contribution < -0.4 is 4.90 Å². The molecule has 0 aromatic heterocycles. The van der Waals surface area contributed by atoms with Crippen LogP contribution in [0.25, 0.3) is 11.1 Å². The Kier molecular flexibility index (Phi) is 6.75. The van der Waals surface area contributed by atoms with E-state index in [1.807, 2.05) is 66.7 Å². The Bertz CT molecular complexity index is 1010. The fourth-order valence-corrected chi connectivity index (χ4v) is 4.01. The van der Waals surface area contributed by atoms with Gasteiger partial charge < -0.3 is 4.90 Å². The van der Waals surface area contributed by atoms with Gasteiger partial charge >= 0.3 is 0 Å². The van der Waals surface area contributed by atoms with E-state index >= 15 is 0 Å². The number of amidine groups is 1. The third-order valence-electron chi connectivity index (χ3n) is 5.42. The largest absolute Gasteiger partial charge is 0.322 e. The molecular weight excluding hydrogens is 436 g/mol. The monoisotopic (exact) mass is 460 g/mol. The van der Waals surface area contributed by atoms with Crippen LogP contribution in [0.2, 0.25) is 0 Å². The van der Waals surface area contributed by atoms with Gasteiger partial charge in [0.05, 0.1) is 6.54 Å². The van der Waals surface area contributed by atoms with Crippen molar-refractivity contribution in [3.63, 3.8) is 0 Å². The second-order valence-electron chi connectivity index (χ2n) is 7.54. The lowest BCUT2D eigenvalue weighted by atomic mass is 10.0. The molecule has 3 nitrogen and oxygen atoms in total. The Morgan fingerprint density at radius 3 is 2.27 bits per heavy atom. The van der Waals surface area contributed by atoms with Gasteiger partial charge in [-0.1, -0.05) is 76.9 Å². The van der Waals surface area contributed by atoms with Crippen LogP contribution in [0.5, 0.6) is 0 Å². The second kappa shape index (κ2) is 9.86. The highest BCUT2D eigenvalue weighted by Gasteiger charge is 2.19. The van der Waals surface area contributed by atoms with Crippen molar-refractivity contribution in [2.75, 3.05) is 18.0 Å². The first-order chi connectivity index (χ1) is 14.7. The summed E-state index contributed by atoms with van der Waals surface area (Å²) in [5.41, 5.74) is 4.00. The van der Waals surface area contributed by atoms with E-state index < -0.39 is 0 Å². The van der Waals surface area contributed by atoms with E-state index in [1.54, 1.807) is 0 Å². The Morgan fingerprint density at radius 2 is 1.53 bits per heavy atom. The quantitative estimate of drug-likeness (QED) is 0.393. The van der Waals surface area contributed by atoms with Crippen molar-refractivity contribution in [2.24, 2.45) is 4.99 Å². The molecule has 0 amide bonds. The first-order valence-corrected chi connectivity index (χ1v) is 11.2. The van der Waals surface area contributed by atoms with E-state index in [0.717, 1.165) is 58.5 Å². The van der Waals surface area contributed by atoms with Crippen molar-refractivity contribution < 1.29 is 4.79 Å². The lowest BCUT2D eigenvalue weighted by Crippen LogP contribution is -2.36. The molecule has 4 rings (SSSR count). The predicted molar refractivity (Wildman–Crippen MR) is 128 cm³/mol. The van der Waals surface area contributed by atoms with Crippen LogP contribution in [0, 0.1) is 0 Å². The van der Waals surface area contributed by atoms with Crippen molar-refractivity contribution in [3.8, 4) is 11.1 Å². The van der Waals surface area contributed by atoms with E-state index in [0.29, 0.717) is 6.54 Å². The highest BCUT2D eigenvalue weighted by molar-refractivity contribution is 9.10. The summed E-state index contributed by atoms with van der Waals surface area (Å²) in [6.45, 7) is 1.13. The minimum Gasteiger partial charge on any atom is -0.322 e. The maximum atomic E-state index is 13.2. The average Bonchev–Trinajstić information content (AvgIpc) is 3.08. The number of benzene rings is 3. The van der Waals surface area contributed by atoms with Crippen LogP contribution in [0.15, 0.2) is 88.3 Å². The van der Waals surface area contributed by atoms with Crippen LogP contribution in [0.1, 0.15) is 36.0 Å². The smallest absolute Gasteiger partial charge is 0.182 e. The minimum absolute atomic E-state index is 0.101. The van der Waals surface area contributed by atoms with Crippen molar-refractivity contribution in [1.29, 1.82) is 0 Å². The molecule has 0 unspecified atom stereocenters. The highest BCUT2D eigenvalue weighted by atomic mass is 79.9. The molecule has 0 aliphatic carbocycles. The lowest BCUT2D eigenvalue weighted by Gasteiger charge is -2.25. The van der Waals surface area contributed by atoms with Gasteiger partial charge in [-0.15, -0.1) is 0 Å². The molecular formula is C26H25BrN2O. The molecule has 0 atom stereocenters. The van der Waals surface area contributed by atoms with Crippen LogP contribution in [-0.4, -0.2) is 24.7 Å². The lowest BCUT2D eigenvalue weighted by molar-refractivity contribution is 0.100. The number of anilines is 1. The molecule has 3 aromatic rings. The number of carbonyl (C=O) groups is 1. The molecule has 4 heteroatoms. The standard InChI is InChI=1S/C26H25BrN2O/c27-23-14-16-24(17-15-23)29(26-9-5-2-6-18-28-26)19-25(30)22-12-10-21(11-13-22)20-7-3-1-4-8-20/h1,3-4,7-8,10-17H,2,5-6,9,18-19H2. The number of ketones is 1. The summed E-state index contributed by atoms with van der Waals surface area (Å²) in [5, 5.41) is 0. The fraction of sp³-hybridized carbons (Fsp3) is 0.231. The van der Waals surface area contributed by atoms with Gasteiger partial charge in [-0.2, -0.15) is 0 Å². The van der Waals surface area contributed by atoms with Gasteiger partial charge in [0, 0.05) is 28.7 Å². The van der Waals surface area contributed by atoms with Crippen molar-refractivity contribution >= 4 is 33.2 Å². The molecule has 1 heterocycles. The fourth-order valence-electron chi connectivity index (χ4n) is 3.75. The molecule has 0 spiro atoms. The summed E-state index contributed by atoms with van der Waals surface area (Å²) in [6, 6.07) is 26.2. The predicted octanol–water partition coefficient (Wildman–Crippen LogP) is 6.78. The maximum Gasteiger partial charge on any atom is 0.182 e.